The van der Waals surface area contributed by atoms with Gasteiger partial charge < -0.3 is 0 Å². The molecule has 1 aliphatic rings. The molecule has 2 rings (SSSR count). The van der Waals surface area contributed by atoms with Crippen LogP contribution in [0.2, 0.25) is 5.02 Å². The molecular formula is C13H14ClFO. The molecule has 0 unspecified atom stereocenters. The maximum absolute atomic E-state index is 13.4. The number of carbonyl (C=O) groups is 1. The third-order valence-electron chi connectivity index (χ3n) is 2.96. The minimum absolute atomic E-state index is 0.0823. The van der Waals surface area contributed by atoms with Crippen molar-refractivity contribution >= 4 is 17.4 Å². The van der Waals surface area contributed by atoms with Crippen molar-refractivity contribution in [3.05, 3.63) is 34.6 Å². The largest absolute Gasteiger partial charge is 0.299 e. The first kappa shape index (κ1) is 11.6. The first-order valence-corrected chi connectivity index (χ1v) is 5.99. The lowest BCUT2D eigenvalue weighted by molar-refractivity contribution is -0.118. The molecule has 0 N–H and O–H groups in total. The van der Waals surface area contributed by atoms with Crippen molar-refractivity contribution in [3.8, 4) is 0 Å². The molecule has 1 aromatic carbocycles. The Labute approximate surface area is 99.6 Å². The fourth-order valence-electron chi connectivity index (χ4n) is 1.76. The summed E-state index contributed by atoms with van der Waals surface area (Å²) < 4.78 is 13.4. The minimum Gasteiger partial charge on any atom is -0.299 e. The zero-order valence-corrected chi connectivity index (χ0v) is 9.77. The van der Waals surface area contributed by atoms with Crippen molar-refractivity contribution in [3.63, 3.8) is 0 Å². The van der Waals surface area contributed by atoms with Gasteiger partial charge in [0.25, 0.3) is 0 Å². The molecule has 1 fully saturated rings. The molecule has 16 heavy (non-hydrogen) atoms. The number of carbonyl (C=O) groups excluding carboxylic acids is 1. The lowest BCUT2D eigenvalue weighted by atomic mass is 10.0. The van der Waals surface area contributed by atoms with E-state index >= 15 is 0 Å². The topological polar surface area (TPSA) is 17.1 Å². The smallest absolute Gasteiger partial charge is 0.137 e. The Morgan fingerprint density at radius 2 is 2.19 bits per heavy atom. The van der Waals surface area contributed by atoms with E-state index in [2.05, 4.69) is 0 Å². The van der Waals surface area contributed by atoms with E-state index in [4.69, 9.17) is 11.6 Å². The number of benzene rings is 1. The van der Waals surface area contributed by atoms with Crippen molar-refractivity contribution in [2.45, 2.75) is 32.1 Å². The molecule has 0 spiro atoms. The number of rotatable bonds is 5. The normalized spacial score (nSPS) is 15.1. The van der Waals surface area contributed by atoms with E-state index in [-0.39, 0.29) is 18.0 Å². The van der Waals surface area contributed by atoms with Gasteiger partial charge in [-0.05, 0) is 24.5 Å². The molecule has 1 saturated carbocycles. The summed E-state index contributed by atoms with van der Waals surface area (Å²) >= 11 is 5.86. The number of Topliss-reactive ketones (excluding diaryl/α,β-unsaturated/α-hetero) is 1. The molecule has 0 radical (unpaired) electrons. The fourth-order valence-corrected chi connectivity index (χ4v) is 1.99. The molecule has 3 heteroatoms. The van der Waals surface area contributed by atoms with Gasteiger partial charge in [0.05, 0.1) is 0 Å². The Hall–Kier alpha value is -0.890. The Kier molecular flexibility index (Phi) is 3.59. The summed E-state index contributed by atoms with van der Waals surface area (Å²) in [6, 6.07) is 4.51. The fraction of sp³-hybridized carbons (Fsp3) is 0.462. The lowest BCUT2D eigenvalue weighted by Gasteiger charge is -2.04. The van der Waals surface area contributed by atoms with Gasteiger partial charge in [0, 0.05) is 23.4 Å². The van der Waals surface area contributed by atoms with Crippen LogP contribution in [0.15, 0.2) is 18.2 Å². The van der Waals surface area contributed by atoms with E-state index in [1.807, 2.05) is 0 Å². The highest BCUT2D eigenvalue weighted by Gasteiger charge is 2.22. The van der Waals surface area contributed by atoms with Crippen molar-refractivity contribution < 1.29 is 9.18 Å². The summed E-state index contributed by atoms with van der Waals surface area (Å²) in [5.74, 6) is 0.436. The van der Waals surface area contributed by atoms with Crippen LogP contribution in [0.1, 0.15) is 31.2 Å². The molecule has 86 valence electrons. The molecule has 0 saturated heterocycles. The summed E-state index contributed by atoms with van der Waals surface area (Å²) in [5.41, 5.74) is 0.338. The highest BCUT2D eigenvalue weighted by atomic mass is 35.5. The molecule has 1 aliphatic carbocycles. The van der Waals surface area contributed by atoms with Gasteiger partial charge in [-0.1, -0.05) is 30.5 Å². The third kappa shape index (κ3) is 3.05. The van der Waals surface area contributed by atoms with Crippen LogP contribution in [0.4, 0.5) is 4.39 Å². The average molecular weight is 241 g/mol. The summed E-state index contributed by atoms with van der Waals surface area (Å²) in [4.78, 5) is 11.6. The summed E-state index contributed by atoms with van der Waals surface area (Å²) in [5, 5.41) is 0.347. The van der Waals surface area contributed by atoms with E-state index in [0.717, 1.165) is 12.3 Å². The van der Waals surface area contributed by atoms with Gasteiger partial charge in [-0.2, -0.15) is 0 Å². The zero-order chi connectivity index (χ0) is 11.5. The number of halogens is 2. The maximum atomic E-state index is 13.4. The van der Waals surface area contributed by atoms with E-state index in [1.165, 1.54) is 18.9 Å². The van der Waals surface area contributed by atoms with E-state index in [1.54, 1.807) is 12.1 Å². The first-order chi connectivity index (χ1) is 7.66. The van der Waals surface area contributed by atoms with Crippen LogP contribution in [0.5, 0.6) is 0 Å². The summed E-state index contributed by atoms with van der Waals surface area (Å²) in [6.45, 7) is 0. The highest BCUT2D eigenvalue weighted by molar-refractivity contribution is 6.31. The second-order valence-corrected chi connectivity index (χ2v) is 4.80. The quantitative estimate of drug-likeness (QED) is 0.766. The van der Waals surface area contributed by atoms with Crippen molar-refractivity contribution in [1.82, 2.24) is 0 Å². The van der Waals surface area contributed by atoms with Gasteiger partial charge in [-0.3, -0.25) is 4.79 Å². The zero-order valence-electron chi connectivity index (χ0n) is 9.01. The Bertz CT molecular complexity index is 379. The maximum Gasteiger partial charge on any atom is 0.137 e. The van der Waals surface area contributed by atoms with Crippen LogP contribution in [-0.2, 0) is 11.2 Å². The highest BCUT2D eigenvalue weighted by Crippen LogP contribution is 2.33. The van der Waals surface area contributed by atoms with Crippen LogP contribution in [0, 0.1) is 11.7 Å². The van der Waals surface area contributed by atoms with Crippen LogP contribution in [-0.4, -0.2) is 5.78 Å². The monoisotopic (exact) mass is 240 g/mol. The van der Waals surface area contributed by atoms with Crippen LogP contribution >= 0.6 is 11.6 Å². The van der Waals surface area contributed by atoms with Gasteiger partial charge in [0.1, 0.15) is 11.6 Å². The summed E-state index contributed by atoms with van der Waals surface area (Å²) in [6.07, 6.45) is 4.11. The molecule has 0 amide bonds. The van der Waals surface area contributed by atoms with Crippen molar-refractivity contribution in [2.75, 3.05) is 0 Å². The molecule has 0 bridgehead atoms. The van der Waals surface area contributed by atoms with E-state index < -0.39 is 0 Å². The van der Waals surface area contributed by atoms with Gasteiger partial charge in [-0.15, -0.1) is 0 Å². The number of ketones is 1. The van der Waals surface area contributed by atoms with Crippen LogP contribution < -0.4 is 0 Å². The number of hydrogen-bond donors (Lipinski definition) is 0. The standard InChI is InChI=1S/C13H14ClFO/c14-12-2-1-3-13(15)11(12)8-10(16)7-6-9-4-5-9/h1-3,9H,4-8H2. The van der Waals surface area contributed by atoms with E-state index in [9.17, 15) is 9.18 Å². The molecule has 0 aromatic heterocycles. The second-order valence-electron chi connectivity index (χ2n) is 4.40. The molecule has 0 atom stereocenters. The molecule has 0 heterocycles. The minimum atomic E-state index is -0.382. The third-order valence-corrected chi connectivity index (χ3v) is 3.32. The van der Waals surface area contributed by atoms with Gasteiger partial charge >= 0.3 is 0 Å². The Balaban J connectivity index is 1.93. The molecule has 1 aromatic rings. The second kappa shape index (κ2) is 4.96. The van der Waals surface area contributed by atoms with Crippen molar-refractivity contribution in [1.29, 1.82) is 0 Å². The van der Waals surface area contributed by atoms with Gasteiger partial charge in [-0.25, -0.2) is 4.39 Å². The van der Waals surface area contributed by atoms with E-state index in [0.29, 0.717) is 17.0 Å². The van der Waals surface area contributed by atoms with Crippen molar-refractivity contribution in [2.24, 2.45) is 5.92 Å². The molecule has 0 aliphatic heterocycles. The summed E-state index contributed by atoms with van der Waals surface area (Å²) in [7, 11) is 0. The van der Waals surface area contributed by atoms with Gasteiger partial charge in [0.2, 0.25) is 0 Å². The molecule has 1 nitrogen and oxygen atoms in total. The van der Waals surface area contributed by atoms with Crippen LogP contribution in [0.25, 0.3) is 0 Å². The van der Waals surface area contributed by atoms with Crippen LogP contribution in [0.3, 0.4) is 0 Å². The first-order valence-electron chi connectivity index (χ1n) is 5.61. The average Bonchev–Trinajstić information content (AvgIpc) is 3.04. The predicted octanol–water partition coefficient (Wildman–Crippen LogP) is 3.78. The molecular weight excluding hydrogens is 227 g/mol. The lowest BCUT2D eigenvalue weighted by Crippen LogP contribution is -2.05. The Morgan fingerprint density at radius 1 is 1.44 bits per heavy atom. The Morgan fingerprint density at radius 3 is 2.81 bits per heavy atom. The SMILES string of the molecule is O=C(CCC1CC1)Cc1c(F)cccc1Cl. The van der Waals surface area contributed by atoms with Gasteiger partial charge in [0.15, 0.2) is 0 Å². The number of hydrogen-bond acceptors (Lipinski definition) is 1. The predicted molar refractivity (Wildman–Crippen MR) is 62.1 cm³/mol.